The van der Waals surface area contributed by atoms with Crippen LogP contribution >= 0.6 is 15.9 Å². The zero-order valence-corrected chi connectivity index (χ0v) is 11.7. The van der Waals surface area contributed by atoms with Crippen molar-refractivity contribution in [2.75, 3.05) is 0 Å². The van der Waals surface area contributed by atoms with Crippen molar-refractivity contribution in [3.63, 3.8) is 0 Å². The lowest BCUT2D eigenvalue weighted by Crippen LogP contribution is -2.13. The highest BCUT2D eigenvalue weighted by Gasteiger charge is 2.01. The van der Waals surface area contributed by atoms with Gasteiger partial charge >= 0.3 is 0 Å². The summed E-state index contributed by atoms with van der Waals surface area (Å²) in [7, 11) is 0. The fourth-order valence-electron chi connectivity index (χ4n) is 1.61. The molecule has 18 heavy (non-hydrogen) atoms. The fraction of sp³-hybridized carbons (Fsp3) is 0.214. The van der Waals surface area contributed by atoms with Gasteiger partial charge in [-0.1, -0.05) is 28.1 Å². The van der Waals surface area contributed by atoms with Gasteiger partial charge in [-0.3, -0.25) is 4.98 Å². The molecule has 0 unspecified atom stereocenters. The van der Waals surface area contributed by atoms with E-state index >= 15 is 0 Å². The number of aryl methyl sites for hydroxylation is 1. The first kappa shape index (κ1) is 13.2. The highest BCUT2D eigenvalue weighted by molar-refractivity contribution is 9.10. The molecule has 0 fully saturated rings. The molecular weight excluding hydrogens is 295 g/mol. The van der Waals surface area contributed by atoms with Crippen LogP contribution in [-0.2, 0) is 13.1 Å². The number of aromatic nitrogens is 1. The Bertz CT molecular complexity index is 526. The van der Waals surface area contributed by atoms with Gasteiger partial charge in [-0.25, -0.2) is 4.39 Å². The number of halogens is 2. The Hall–Kier alpha value is -1.26. The maximum absolute atomic E-state index is 12.9. The molecule has 0 aliphatic carbocycles. The summed E-state index contributed by atoms with van der Waals surface area (Å²) in [6, 6.07) is 8.76. The van der Waals surface area contributed by atoms with Crippen LogP contribution in [0.1, 0.15) is 16.8 Å². The van der Waals surface area contributed by atoms with E-state index in [4.69, 9.17) is 0 Å². The van der Waals surface area contributed by atoms with E-state index < -0.39 is 0 Å². The first-order chi connectivity index (χ1) is 8.65. The van der Waals surface area contributed by atoms with Gasteiger partial charge in [0.15, 0.2) is 0 Å². The smallest absolute Gasteiger partial charge is 0.124 e. The van der Waals surface area contributed by atoms with Crippen LogP contribution in [0.3, 0.4) is 0 Å². The van der Waals surface area contributed by atoms with Gasteiger partial charge in [0, 0.05) is 29.5 Å². The molecule has 1 heterocycles. The van der Waals surface area contributed by atoms with Crippen LogP contribution in [0, 0.1) is 12.7 Å². The van der Waals surface area contributed by atoms with Gasteiger partial charge in [0.1, 0.15) is 5.82 Å². The predicted octanol–water partition coefficient (Wildman–Crippen LogP) is 3.58. The zero-order valence-electron chi connectivity index (χ0n) is 10.1. The van der Waals surface area contributed by atoms with Crippen LogP contribution in [0.15, 0.2) is 41.0 Å². The Kier molecular flexibility index (Phi) is 4.44. The second-order valence-electron chi connectivity index (χ2n) is 4.15. The molecule has 0 aliphatic rings. The molecule has 0 amide bonds. The molecule has 0 saturated heterocycles. The summed E-state index contributed by atoms with van der Waals surface area (Å²) >= 11 is 3.35. The largest absolute Gasteiger partial charge is 0.309 e. The minimum absolute atomic E-state index is 0.228. The van der Waals surface area contributed by atoms with Gasteiger partial charge in [0.2, 0.25) is 0 Å². The van der Waals surface area contributed by atoms with Crippen LogP contribution in [0.5, 0.6) is 0 Å². The Labute approximate surface area is 114 Å². The Morgan fingerprint density at radius 2 is 2.06 bits per heavy atom. The minimum atomic E-state index is -0.228. The van der Waals surface area contributed by atoms with Crippen molar-refractivity contribution in [1.82, 2.24) is 10.3 Å². The molecule has 1 N–H and O–H groups in total. The molecule has 1 aromatic carbocycles. The van der Waals surface area contributed by atoms with Crippen molar-refractivity contribution in [2.45, 2.75) is 20.0 Å². The monoisotopic (exact) mass is 308 g/mol. The SMILES string of the molecule is Cc1ccc(CNCc2ccc(F)cc2Br)cn1. The van der Waals surface area contributed by atoms with E-state index in [2.05, 4.69) is 32.3 Å². The van der Waals surface area contributed by atoms with Crippen LogP contribution < -0.4 is 5.32 Å². The maximum atomic E-state index is 12.9. The van der Waals surface area contributed by atoms with Gasteiger partial charge in [-0.15, -0.1) is 0 Å². The van der Waals surface area contributed by atoms with E-state index in [0.717, 1.165) is 27.8 Å². The molecule has 0 radical (unpaired) electrons. The topological polar surface area (TPSA) is 24.9 Å². The second-order valence-corrected chi connectivity index (χ2v) is 5.00. The van der Waals surface area contributed by atoms with Crippen molar-refractivity contribution < 1.29 is 4.39 Å². The molecule has 2 nitrogen and oxygen atoms in total. The van der Waals surface area contributed by atoms with Crippen LogP contribution in [0.4, 0.5) is 4.39 Å². The number of pyridine rings is 1. The van der Waals surface area contributed by atoms with Crippen molar-refractivity contribution in [2.24, 2.45) is 0 Å². The first-order valence-electron chi connectivity index (χ1n) is 5.71. The summed E-state index contributed by atoms with van der Waals surface area (Å²) in [5.74, 6) is -0.228. The number of hydrogen-bond acceptors (Lipinski definition) is 2. The summed E-state index contributed by atoms with van der Waals surface area (Å²) in [6.07, 6.45) is 1.86. The molecule has 1 aromatic heterocycles. The Morgan fingerprint density at radius 3 is 2.72 bits per heavy atom. The van der Waals surface area contributed by atoms with Crippen LogP contribution in [0.25, 0.3) is 0 Å². The number of nitrogens with zero attached hydrogens (tertiary/aromatic N) is 1. The van der Waals surface area contributed by atoms with Gasteiger partial charge in [0.05, 0.1) is 0 Å². The van der Waals surface area contributed by atoms with E-state index in [1.165, 1.54) is 12.1 Å². The van der Waals surface area contributed by atoms with E-state index in [9.17, 15) is 4.39 Å². The average Bonchev–Trinajstić information content (AvgIpc) is 2.34. The number of rotatable bonds is 4. The lowest BCUT2D eigenvalue weighted by atomic mass is 10.2. The molecule has 2 rings (SSSR count). The minimum Gasteiger partial charge on any atom is -0.309 e. The van der Waals surface area contributed by atoms with Gasteiger partial charge in [-0.05, 0) is 36.2 Å². The normalized spacial score (nSPS) is 10.6. The predicted molar refractivity (Wildman–Crippen MR) is 73.6 cm³/mol. The summed E-state index contributed by atoms with van der Waals surface area (Å²) in [5, 5.41) is 3.31. The number of benzene rings is 1. The van der Waals surface area contributed by atoms with Crippen LogP contribution in [0.2, 0.25) is 0 Å². The second kappa shape index (κ2) is 6.07. The molecule has 0 atom stereocenters. The molecule has 4 heteroatoms. The molecule has 0 aliphatic heterocycles. The molecule has 0 saturated carbocycles. The Morgan fingerprint density at radius 1 is 1.22 bits per heavy atom. The molecule has 0 spiro atoms. The number of hydrogen-bond donors (Lipinski definition) is 1. The van der Waals surface area contributed by atoms with E-state index in [0.29, 0.717) is 6.54 Å². The number of nitrogens with one attached hydrogen (secondary N) is 1. The molecule has 94 valence electrons. The standard InChI is InChI=1S/C14H14BrFN2/c1-10-2-3-11(8-18-10)7-17-9-12-4-5-13(16)6-14(12)15/h2-6,8,17H,7,9H2,1H3. The van der Waals surface area contributed by atoms with Crippen LogP contribution in [-0.4, -0.2) is 4.98 Å². The third kappa shape index (κ3) is 3.62. The highest BCUT2D eigenvalue weighted by Crippen LogP contribution is 2.17. The summed E-state index contributed by atoms with van der Waals surface area (Å²) in [5.41, 5.74) is 3.19. The van der Waals surface area contributed by atoms with Gasteiger partial charge < -0.3 is 5.32 Å². The zero-order chi connectivity index (χ0) is 13.0. The van der Waals surface area contributed by atoms with Gasteiger partial charge in [0.25, 0.3) is 0 Å². The molecule has 2 aromatic rings. The molecule has 0 bridgehead atoms. The van der Waals surface area contributed by atoms with Crippen molar-refractivity contribution >= 4 is 15.9 Å². The lowest BCUT2D eigenvalue weighted by molar-refractivity contribution is 0.623. The summed E-state index contributed by atoms with van der Waals surface area (Å²) in [4.78, 5) is 4.24. The molecular formula is C14H14BrFN2. The van der Waals surface area contributed by atoms with Crippen molar-refractivity contribution in [3.05, 3.63) is 63.6 Å². The lowest BCUT2D eigenvalue weighted by Gasteiger charge is -2.07. The average molecular weight is 309 g/mol. The quantitative estimate of drug-likeness (QED) is 0.934. The third-order valence-corrected chi connectivity index (χ3v) is 3.37. The van der Waals surface area contributed by atoms with Crippen molar-refractivity contribution in [3.8, 4) is 0 Å². The first-order valence-corrected chi connectivity index (χ1v) is 6.50. The highest BCUT2D eigenvalue weighted by atomic mass is 79.9. The van der Waals surface area contributed by atoms with E-state index in [1.807, 2.05) is 19.2 Å². The maximum Gasteiger partial charge on any atom is 0.124 e. The van der Waals surface area contributed by atoms with Crippen molar-refractivity contribution in [1.29, 1.82) is 0 Å². The van der Waals surface area contributed by atoms with E-state index in [-0.39, 0.29) is 5.82 Å². The third-order valence-electron chi connectivity index (χ3n) is 2.63. The summed E-state index contributed by atoms with van der Waals surface area (Å²) < 4.78 is 13.7. The van der Waals surface area contributed by atoms with E-state index in [1.54, 1.807) is 6.07 Å². The fourth-order valence-corrected chi connectivity index (χ4v) is 2.10. The Balaban J connectivity index is 1.90. The summed E-state index contributed by atoms with van der Waals surface area (Å²) in [6.45, 7) is 3.40. The van der Waals surface area contributed by atoms with Gasteiger partial charge in [-0.2, -0.15) is 0 Å².